The smallest absolute Gasteiger partial charge is 0.332 e. The molecule has 1 aromatic heterocycles. The second-order valence-corrected chi connectivity index (χ2v) is 10.2. The van der Waals surface area contributed by atoms with E-state index in [9.17, 15) is 4.79 Å². The van der Waals surface area contributed by atoms with Crippen molar-refractivity contribution >= 4 is 21.9 Å². The molecule has 1 aliphatic rings. The Morgan fingerprint density at radius 2 is 1.85 bits per heavy atom. The summed E-state index contributed by atoms with van der Waals surface area (Å²) in [5, 5.41) is 13.5. The second-order valence-electron chi connectivity index (χ2n) is 9.45. The van der Waals surface area contributed by atoms with E-state index in [1.165, 1.54) is 0 Å². The molecule has 3 rings (SSSR count). The molecular formula is C25H32BrN3O4. The van der Waals surface area contributed by atoms with Gasteiger partial charge in [0.05, 0.1) is 12.3 Å². The number of ether oxygens (including phenoxy) is 3. The van der Waals surface area contributed by atoms with Crippen molar-refractivity contribution in [2.24, 2.45) is 11.8 Å². The van der Waals surface area contributed by atoms with Crippen LogP contribution < -0.4 is 4.74 Å². The molecule has 7 nitrogen and oxygen atoms in total. The number of hydrogen-bond acceptors (Lipinski definition) is 6. The summed E-state index contributed by atoms with van der Waals surface area (Å²) in [5.41, 5.74) is 1.53. The Balaban J connectivity index is 1.56. The van der Waals surface area contributed by atoms with Crippen LogP contribution in [0.25, 0.3) is 11.3 Å². The molecule has 33 heavy (non-hydrogen) atoms. The third-order valence-corrected chi connectivity index (χ3v) is 6.29. The quantitative estimate of drug-likeness (QED) is 0.415. The highest BCUT2D eigenvalue weighted by atomic mass is 79.9. The van der Waals surface area contributed by atoms with Crippen molar-refractivity contribution in [3.63, 3.8) is 0 Å². The van der Waals surface area contributed by atoms with E-state index in [0.29, 0.717) is 24.3 Å². The summed E-state index contributed by atoms with van der Waals surface area (Å²) in [6.07, 6.45) is 4.25. The molecule has 0 spiro atoms. The van der Waals surface area contributed by atoms with E-state index in [-0.39, 0.29) is 19.2 Å². The van der Waals surface area contributed by atoms with E-state index < -0.39 is 5.60 Å². The van der Waals surface area contributed by atoms with Crippen LogP contribution >= 0.6 is 15.9 Å². The van der Waals surface area contributed by atoms with E-state index in [1.54, 1.807) is 0 Å². The lowest BCUT2D eigenvalue weighted by atomic mass is 9.82. The maximum absolute atomic E-state index is 11.8. The van der Waals surface area contributed by atoms with Crippen LogP contribution in [0.15, 0.2) is 34.8 Å². The lowest BCUT2D eigenvalue weighted by Gasteiger charge is -2.28. The Hall–Kier alpha value is -2.37. The van der Waals surface area contributed by atoms with E-state index in [1.807, 2.05) is 61.9 Å². The number of nitriles is 1. The average molecular weight is 518 g/mol. The lowest BCUT2D eigenvalue weighted by molar-refractivity contribution is -0.160. The third-order valence-electron chi connectivity index (χ3n) is 5.58. The summed E-state index contributed by atoms with van der Waals surface area (Å²) in [7, 11) is 0. The molecule has 0 amide bonds. The molecule has 1 heterocycles. The fraction of sp³-hybridized carbons (Fsp3) is 0.560. The molecule has 0 radical (unpaired) electrons. The standard InChI is InChI=1S/C25H32BrN3O4/c1-25(2,3)33-21(30)17-31-16-19-11-9-18(10-12-19)15-29-23(20-7-5-4-6-8-20)22(26)24(28-29)32-14-13-27/h4-8,18-19H,9-12,14-17H2,1-3H3/t18-,19-. The minimum absolute atomic E-state index is 0.00439. The first-order valence-electron chi connectivity index (χ1n) is 11.4. The lowest BCUT2D eigenvalue weighted by Crippen LogP contribution is -2.28. The molecule has 1 aliphatic carbocycles. The van der Waals surface area contributed by atoms with Crippen molar-refractivity contribution in [3.8, 4) is 23.2 Å². The van der Waals surface area contributed by atoms with E-state index in [0.717, 1.165) is 48.0 Å². The number of aromatic nitrogens is 2. The fourth-order valence-electron chi connectivity index (χ4n) is 4.12. The predicted octanol–water partition coefficient (Wildman–Crippen LogP) is 5.38. The first-order valence-corrected chi connectivity index (χ1v) is 12.2. The second kappa shape index (κ2) is 11.7. The van der Waals surface area contributed by atoms with Gasteiger partial charge in [-0.05, 0) is 74.2 Å². The molecule has 0 saturated heterocycles. The monoisotopic (exact) mass is 517 g/mol. The van der Waals surface area contributed by atoms with Crippen LogP contribution in [-0.4, -0.2) is 41.2 Å². The van der Waals surface area contributed by atoms with Gasteiger partial charge in [0.1, 0.15) is 22.7 Å². The number of hydrogen-bond donors (Lipinski definition) is 0. The topological polar surface area (TPSA) is 86.4 Å². The van der Waals surface area contributed by atoms with Crippen LogP contribution in [0.5, 0.6) is 5.88 Å². The Morgan fingerprint density at radius 1 is 1.18 bits per heavy atom. The molecule has 178 valence electrons. The summed E-state index contributed by atoms with van der Waals surface area (Å²) in [6.45, 7) is 6.89. The van der Waals surface area contributed by atoms with Crippen molar-refractivity contribution in [2.45, 2.75) is 58.6 Å². The van der Waals surface area contributed by atoms with Gasteiger partial charge in [0.15, 0.2) is 6.61 Å². The van der Waals surface area contributed by atoms with Crippen LogP contribution in [0, 0.1) is 23.2 Å². The number of esters is 1. The van der Waals surface area contributed by atoms with Gasteiger partial charge in [-0.3, -0.25) is 4.68 Å². The van der Waals surface area contributed by atoms with Crippen LogP contribution in [0.3, 0.4) is 0 Å². The molecule has 1 fully saturated rings. The molecule has 0 unspecified atom stereocenters. The number of nitrogens with zero attached hydrogens (tertiary/aromatic N) is 3. The van der Waals surface area contributed by atoms with Crippen LogP contribution in [-0.2, 0) is 20.8 Å². The molecule has 0 bridgehead atoms. The van der Waals surface area contributed by atoms with Gasteiger partial charge in [0, 0.05) is 12.1 Å². The largest absolute Gasteiger partial charge is 0.460 e. The van der Waals surface area contributed by atoms with Gasteiger partial charge in [-0.1, -0.05) is 30.3 Å². The highest BCUT2D eigenvalue weighted by molar-refractivity contribution is 9.10. The van der Waals surface area contributed by atoms with Crippen LogP contribution in [0.1, 0.15) is 46.5 Å². The number of rotatable bonds is 9. The number of halogens is 1. The number of carbonyl (C=O) groups excluding carboxylic acids is 1. The predicted molar refractivity (Wildman–Crippen MR) is 129 cm³/mol. The average Bonchev–Trinajstić information content (AvgIpc) is 3.07. The minimum Gasteiger partial charge on any atom is -0.460 e. The summed E-state index contributed by atoms with van der Waals surface area (Å²) in [4.78, 5) is 11.8. The van der Waals surface area contributed by atoms with Gasteiger partial charge in [0.25, 0.3) is 0 Å². The van der Waals surface area contributed by atoms with E-state index >= 15 is 0 Å². The Morgan fingerprint density at radius 3 is 2.48 bits per heavy atom. The van der Waals surface area contributed by atoms with Crippen molar-refractivity contribution in [1.82, 2.24) is 9.78 Å². The number of carbonyl (C=O) groups is 1. The highest BCUT2D eigenvalue weighted by Gasteiger charge is 2.26. The Labute approximate surface area is 204 Å². The molecule has 0 atom stereocenters. The van der Waals surface area contributed by atoms with Gasteiger partial charge in [-0.15, -0.1) is 5.10 Å². The molecule has 1 saturated carbocycles. The van der Waals surface area contributed by atoms with Crippen LogP contribution in [0.4, 0.5) is 0 Å². The zero-order valence-corrected chi connectivity index (χ0v) is 21.1. The van der Waals surface area contributed by atoms with Gasteiger partial charge in [-0.25, -0.2) is 4.79 Å². The molecule has 0 N–H and O–H groups in total. The highest BCUT2D eigenvalue weighted by Crippen LogP contribution is 2.38. The molecular weight excluding hydrogens is 486 g/mol. The minimum atomic E-state index is -0.488. The van der Waals surface area contributed by atoms with Crippen molar-refractivity contribution in [3.05, 3.63) is 34.8 Å². The maximum atomic E-state index is 11.8. The van der Waals surface area contributed by atoms with Gasteiger partial charge < -0.3 is 14.2 Å². The molecule has 0 aliphatic heterocycles. The number of benzene rings is 1. The normalized spacial score (nSPS) is 18.5. The Kier molecular flexibility index (Phi) is 8.93. The molecule has 1 aromatic carbocycles. The van der Waals surface area contributed by atoms with Gasteiger partial charge >= 0.3 is 5.97 Å². The van der Waals surface area contributed by atoms with Crippen molar-refractivity contribution < 1.29 is 19.0 Å². The Bertz CT molecular complexity index is 955. The summed E-state index contributed by atoms with van der Waals surface area (Å²) in [6, 6.07) is 12.1. The zero-order valence-electron chi connectivity index (χ0n) is 19.6. The molecule has 8 heteroatoms. The third kappa shape index (κ3) is 7.58. The summed E-state index contributed by atoms with van der Waals surface area (Å²) < 4.78 is 19.2. The zero-order chi connectivity index (χ0) is 23.8. The fourth-order valence-corrected chi connectivity index (χ4v) is 4.75. The SMILES string of the molecule is CC(C)(C)OC(=O)COC[C@H]1CC[C@H](Cn2nc(OCC#N)c(Br)c2-c2ccccc2)CC1. The summed E-state index contributed by atoms with van der Waals surface area (Å²) in [5.74, 6) is 1.07. The van der Waals surface area contributed by atoms with Gasteiger partial charge in [0.2, 0.25) is 5.88 Å². The first kappa shape index (κ1) is 25.3. The molecule has 2 aromatic rings. The van der Waals surface area contributed by atoms with Crippen molar-refractivity contribution in [1.29, 1.82) is 5.26 Å². The maximum Gasteiger partial charge on any atom is 0.332 e. The van der Waals surface area contributed by atoms with Crippen molar-refractivity contribution in [2.75, 3.05) is 19.8 Å². The van der Waals surface area contributed by atoms with E-state index in [2.05, 4.69) is 21.0 Å². The summed E-state index contributed by atoms with van der Waals surface area (Å²) >= 11 is 3.63. The van der Waals surface area contributed by atoms with Crippen LogP contribution in [0.2, 0.25) is 0 Å². The van der Waals surface area contributed by atoms with Gasteiger partial charge in [-0.2, -0.15) is 5.26 Å². The van der Waals surface area contributed by atoms with E-state index in [4.69, 9.17) is 19.5 Å². The first-order chi connectivity index (χ1) is 15.8.